The SMILES string of the molecule is Cc1ccc(NC(=O)C(C)Sc2nnc(-c3ccco3)n2N)cc1. The molecule has 0 fully saturated rings. The van der Waals surface area contributed by atoms with Crippen molar-refractivity contribution in [2.75, 3.05) is 11.2 Å². The first-order valence-corrected chi connectivity index (χ1v) is 8.21. The van der Waals surface area contributed by atoms with Gasteiger partial charge in [0.2, 0.25) is 16.9 Å². The summed E-state index contributed by atoms with van der Waals surface area (Å²) in [5.41, 5.74) is 1.89. The normalized spacial score (nSPS) is 12.1. The molecule has 0 bridgehead atoms. The molecule has 0 radical (unpaired) electrons. The number of anilines is 1. The summed E-state index contributed by atoms with van der Waals surface area (Å²) >= 11 is 1.23. The predicted molar refractivity (Wildman–Crippen MR) is 93.0 cm³/mol. The van der Waals surface area contributed by atoms with Crippen molar-refractivity contribution in [3.63, 3.8) is 0 Å². The summed E-state index contributed by atoms with van der Waals surface area (Å²) in [6.07, 6.45) is 1.54. The fourth-order valence-electron chi connectivity index (χ4n) is 2.02. The molecule has 1 atom stereocenters. The largest absolute Gasteiger partial charge is 0.461 e. The minimum absolute atomic E-state index is 0.133. The van der Waals surface area contributed by atoms with Crippen LogP contribution in [0.4, 0.5) is 5.69 Å². The van der Waals surface area contributed by atoms with Crippen LogP contribution in [0.15, 0.2) is 52.2 Å². The summed E-state index contributed by atoms with van der Waals surface area (Å²) in [5, 5.41) is 10.9. The molecule has 8 heteroatoms. The van der Waals surface area contributed by atoms with Gasteiger partial charge in [-0.05, 0) is 38.1 Å². The quantitative estimate of drug-likeness (QED) is 0.546. The Morgan fingerprint density at radius 1 is 1.29 bits per heavy atom. The second-order valence-electron chi connectivity index (χ2n) is 5.27. The maximum absolute atomic E-state index is 12.3. The van der Waals surface area contributed by atoms with E-state index in [9.17, 15) is 4.79 Å². The van der Waals surface area contributed by atoms with E-state index in [1.165, 1.54) is 22.7 Å². The molecule has 124 valence electrons. The number of aromatic nitrogens is 3. The maximum atomic E-state index is 12.3. The molecule has 24 heavy (non-hydrogen) atoms. The van der Waals surface area contributed by atoms with E-state index in [-0.39, 0.29) is 11.2 Å². The number of amides is 1. The Balaban J connectivity index is 1.67. The number of furan rings is 1. The van der Waals surface area contributed by atoms with E-state index in [1.807, 2.05) is 31.2 Å². The lowest BCUT2D eigenvalue weighted by molar-refractivity contribution is -0.115. The molecule has 1 unspecified atom stereocenters. The van der Waals surface area contributed by atoms with Crippen LogP contribution < -0.4 is 11.2 Å². The number of hydrogen-bond acceptors (Lipinski definition) is 6. The molecular formula is C16H17N5O2S. The molecule has 0 spiro atoms. The summed E-state index contributed by atoms with van der Waals surface area (Å²) in [4.78, 5) is 12.3. The van der Waals surface area contributed by atoms with Gasteiger partial charge in [0.1, 0.15) is 0 Å². The minimum Gasteiger partial charge on any atom is -0.461 e. The van der Waals surface area contributed by atoms with E-state index in [0.29, 0.717) is 16.7 Å². The zero-order valence-corrected chi connectivity index (χ0v) is 14.1. The number of hydrogen-bond donors (Lipinski definition) is 2. The molecule has 0 saturated heterocycles. The first-order chi connectivity index (χ1) is 11.5. The van der Waals surface area contributed by atoms with Crippen molar-refractivity contribution in [3.8, 4) is 11.6 Å². The van der Waals surface area contributed by atoms with Crippen LogP contribution in [0.3, 0.4) is 0 Å². The summed E-state index contributed by atoms with van der Waals surface area (Å²) in [5.74, 6) is 6.79. The number of benzene rings is 1. The van der Waals surface area contributed by atoms with Crippen molar-refractivity contribution >= 4 is 23.4 Å². The van der Waals surface area contributed by atoms with Gasteiger partial charge in [-0.15, -0.1) is 10.2 Å². The molecule has 0 aliphatic heterocycles. The van der Waals surface area contributed by atoms with Crippen LogP contribution in [-0.2, 0) is 4.79 Å². The first kappa shape index (κ1) is 16.1. The van der Waals surface area contributed by atoms with E-state index in [1.54, 1.807) is 19.1 Å². The number of nitrogens with two attached hydrogens (primary N) is 1. The third-order valence-electron chi connectivity index (χ3n) is 3.38. The molecule has 0 aliphatic rings. The Bertz CT molecular complexity index is 827. The Morgan fingerprint density at radius 2 is 2.04 bits per heavy atom. The van der Waals surface area contributed by atoms with Gasteiger partial charge >= 0.3 is 0 Å². The molecule has 0 aliphatic carbocycles. The van der Waals surface area contributed by atoms with Gasteiger partial charge in [0.05, 0.1) is 11.5 Å². The van der Waals surface area contributed by atoms with Gasteiger partial charge in [-0.2, -0.15) is 0 Å². The summed E-state index contributed by atoms with van der Waals surface area (Å²) < 4.78 is 6.58. The lowest BCUT2D eigenvalue weighted by atomic mass is 10.2. The fourth-order valence-corrected chi connectivity index (χ4v) is 2.79. The van der Waals surface area contributed by atoms with Crippen molar-refractivity contribution in [2.45, 2.75) is 24.3 Å². The van der Waals surface area contributed by atoms with Gasteiger partial charge in [-0.25, -0.2) is 4.68 Å². The third-order valence-corrected chi connectivity index (χ3v) is 4.43. The standard InChI is InChI=1S/C16H17N5O2S/c1-10-5-7-12(8-6-10)18-15(22)11(2)24-16-20-19-14(21(16)17)13-4-3-9-23-13/h3-9,11H,17H2,1-2H3,(H,18,22). The van der Waals surface area contributed by atoms with Crippen LogP contribution in [-0.4, -0.2) is 26.0 Å². The average molecular weight is 343 g/mol. The van der Waals surface area contributed by atoms with E-state index in [2.05, 4.69) is 15.5 Å². The maximum Gasteiger partial charge on any atom is 0.237 e. The van der Waals surface area contributed by atoms with E-state index in [0.717, 1.165) is 11.3 Å². The second-order valence-corrected chi connectivity index (χ2v) is 6.58. The zero-order chi connectivity index (χ0) is 17.1. The Labute approximate surface area is 143 Å². The second kappa shape index (κ2) is 6.79. The molecule has 2 aromatic heterocycles. The van der Waals surface area contributed by atoms with E-state index >= 15 is 0 Å². The molecule has 2 heterocycles. The van der Waals surface area contributed by atoms with Crippen LogP contribution in [0, 0.1) is 6.92 Å². The lowest BCUT2D eigenvalue weighted by Crippen LogP contribution is -2.23. The van der Waals surface area contributed by atoms with Crippen molar-refractivity contribution < 1.29 is 9.21 Å². The van der Waals surface area contributed by atoms with Crippen LogP contribution >= 0.6 is 11.8 Å². The zero-order valence-electron chi connectivity index (χ0n) is 13.3. The molecule has 3 N–H and O–H groups in total. The number of carbonyl (C=O) groups excluding carboxylic acids is 1. The molecule has 0 saturated carbocycles. The average Bonchev–Trinajstić information content (AvgIpc) is 3.20. The monoisotopic (exact) mass is 343 g/mol. The van der Waals surface area contributed by atoms with Crippen LogP contribution in [0.25, 0.3) is 11.6 Å². The topological polar surface area (TPSA) is 99.0 Å². The van der Waals surface area contributed by atoms with E-state index in [4.69, 9.17) is 10.3 Å². The molecule has 3 rings (SSSR count). The highest BCUT2D eigenvalue weighted by Gasteiger charge is 2.20. The molecule has 1 aromatic carbocycles. The highest BCUT2D eigenvalue weighted by molar-refractivity contribution is 8.00. The van der Waals surface area contributed by atoms with Crippen molar-refractivity contribution in [3.05, 3.63) is 48.2 Å². The smallest absolute Gasteiger partial charge is 0.237 e. The summed E-state index contributed by atoms with van der Waals surface area (Å²) in [6, 6.07) is 11.1. The highest BCUT2D eigenvalue weighted by atomic mass is 32.2. The van der Waals surface area contributed by atoms with Crippen LogP contribution in [0.5, 0.6) is 0 Å². The first-order valence-electron chi connectivity index (χ1n) is 7.33. The lowest BCUT2D eigenvalue weighted by Gasteiger charge is -2.11. The van der Waals surface area contributed by atoms with Crippen molar-refractivity contribution in [2.24, 2.45) is 0 Å². The summed E-state index contributed by atoms with van der Waals surface area (Å²) in [6.45, 7) is 3.78. The van der Waals surface area contributed by atoms with Gasteiger partial charge in [0.15, 0.2) is 5.76 Å². The number of nitrogen functional groups attached to an aromatic ring is 1. The van der Waals surface area contributed by atoms with Gasteiger partial charge in [0, 0.05) is 5.69 Å². The van der Waals surface area contributed by atoms with Crippen LogP contribution in [0.1, 0.15) is 12.5 Å². The highest BCUT2D eigenvalue weighted by Crippen LogP contribution is 2.25. The molecular weight excluding hydrogens is 326 g/mol. The molecule has 3 aromatic rings. The summed E-state index contributed by atoms with van der Waals surface area (Å²) in [7, 11) is 0. The Morgan fingerprint density at radius 3 is 2.71 bits per heavy atom. The van der Waals surface area contributed by atoms with Crippen molar-refractivity contribution in [1.82, 2.24) is 14.9 Å². The number of nitrogens with one attached hydrogen (secondary N) is 1. The van der Waals surface area contributed by atoms with Gasteiger partial charge in [-0.3, -0.25) is 4.79 Å². The van der Waals surface area contributed by atoms with Gasteiger partial charge in [0.25, 0.3) is 0 Å². The fraction of sp³-hybridized carbons (Fsp3) is 0.188. The van der Waals surface area contributed by atoms with Gasteiger partial charge < -0.3 is 15.6 Å². The van der Waals surface area contributed by atoms with Crippen molar-refractivity contribution in [1.29, 1.82) is 0 Å². The Hall–Kier alpha value is -2.74. The predicted octanol–water partition coefficient (Wildman–Crippen LogP) is 2.68. The number of aryl methyl sites for hydroxylation is 1. The van der Waals surface area contributed by atoms with E-state index < -0.39 is 0 Å². The number of nitrogens with zero attached hydrogens (tertiary/aromatic N) is 3. The molecule has 1 amide bonds. The minimum atomic E-state index is -0.387. The number of carbonyl (C=O) groups is 1. The Kier molecular flexibility index (Phi) is 4.57. The molecule has 7 nitrogen and oxygen atoms in total. The number of thioether (sulfide) groups is 1. The van der Waals surface area contributed by atoms with Gasteiger partial charge in [-0.1, -0.05) is 29.5 Å². The third kappa shape index (κ3) is 3.43. The van der Waals surface area contributed by atoms with Crippen LogP contribution in [0.2, 0.25) is 0 Å². The number of rotatable bonds is 5.